The smallest absolute Gasteiger partial charge is 0.392 e. The van der Waals surface area contributed by atoms with Gasteiger partial charge in [-0.05, 0) is 0 Å². The number of nitrogens with one attached hydrogen (secondary N) is 1. The number of fused-ring (bicyclic) bond motifs is 1. The Morgan fingerprint density at radius 2 is 2.50 bits per heavy atom. The zero-order chi connectivity index (χ0) is 8.55. The molecule has 1 aromatic rings. The van der Waals surface area contributed by atoms with Crippen molar-refractivity contribution >= 4 is 5.97 Å². The lowest BCUT2D eigenvalue weighted by molar-refractivity contribution is 0.0651. The quantitative estimate of drug-likeness (QED) is 0.618. The molecule has 2 heterocycles. The first-order valence-electron chi connectivity index (χ1n) is 3.70. The molecule has 0 saturated carbocycles. The molecule has 5 heteroatoms. The van der Waals surface area contributed by atoms with Gasteiger partial charge in [0.05, 0.1) is 5.69 Å². The van der Waals surface area contributed by atoms with Crippen molar-refractivity contribution in [2.75, 3.05) is 6.54 Å². The number of oxazole rings is 1. The third kappa shape index (κ3) is 1.08. The second kappa shape index (κ2) is 2.60. The molecule has 12 heavy (non-hydrogen) atoms. The lowest BCUT2D eigenvalue weighted by Crippen LogP contribution is -2.22. The molecular weight excluding hydrogens is 160 g/mol. The normalized spacial score (nSPS) is 15.7. The Hall–Kier alpha value is -1.36. The predicted octanol–water partition coefficient (Wildman–Crippen LogP) is 0.0185. The summed E-state index contributed by atoms with van der Waals surface area (Å²) in [7, 11) is 0. The number of hydrogen-bond donors (Lipinski definition) is 2. The zero-order valence-corrected chi connectivity index (χ0v) is 6.33. The maximum absolute atomic E-state index is 10.4. The number of carboxylic acids is 1. The lowest BCUT2D eigenvalue weighted by atomic mass is 10.2. The van der Waals surface area contributed by atoms with E-state index in [-0.39, 0.29) is 5.89 Å². The first kappa shape index (κ1) is 7.30. The van der Waals surface area contributed by atoms with E-state index >= 15 is 0 Å². The largest absolute Gasteiger partial charge is 0.474 e. The van der Waals surface area contributed by atoms with Crippen LogP contribution >= 0.6 is 0 Å². The van der Waals surface area contributed by atoms with Crippen molar-refractivity contribution in [3.05, 3.63) is 17.3 Å². The topological polar surface area (TPSA) is 75.4 Å². The van der Waals surface area contributed by atoms with Crippen LogP contribution in [0.1, 0.15) is 22.1 Å². The van der Waals surface area contributed by atoms with Crippen molar-refractivity contribution in [3.63, 3.8) is 0 Å². The second-order valence-corrected chi connectivity index (χ2v) is 2.62. The summed E-state index contributed by atoms with van der Waals surface area (Å²) >= 11 is 0. The Bertz CT molecular complexity index is 295. The number of carboxylic acid groups (broad SMARTS) is 1. The molecule has 0 fully saturated rings. The molecular formula is C7H8N2O3. The van der Waals surface area contributed by atoms with E-state index in [1.807, 2.05) is 0 Å². The molecule has 64 valence electrons. The van der Waals surface area contributed by atoms with Crippen LogP contribution in [-0.4, -0.2) is 22.6 Å². The molecule has 0 saturated heterocycles. The summed E-state index contributed by atoms with van der Waals surface area (Å²) in [5.74, 6) is -0.612. The summed E-state index contributed by atoms with van der Waals surface area (Å²) in [5.41, 5.74) is 0.721. The van der Waals surface area contributed by atoms with E-state index in [4.69, 9.17) is 9.52 Å². The maximum Gasteiger partial charge on any atom is 0.392 e. The Morgan fingerprint density at radius 1 is 1.67 bits per heavy atom. The van der Waals surface area contributed by atoms with Crippen LogP contribution in [0.2, 0.25) is 0 Å². The van der Waals surface area contributed by atoms with Gasteiger partial charge in [0.1, 0.15) is 5.76 Å². The average molecular weight is 168 g/mol. The molecule has 0 bridgehead atoms. The van der Waals surface area contributed by atoms with Gasteiger partial charge in [-0.2, -0.15) is 0 Å². The predicted molar refractivity (Wildman–Crippen MR) is 38.9 cm³/mol. The molecule has 0 spiro atoms. The Balaban J connectivity index is 2.38. The summed E-state index contributed by atoms with van der Waals surface area (Å²) in [6, 6.07) is 0. The van der Waals surface area contributed by atoms with Crippen LogP contribution < -0.4 is 5.32 Å². The van der Waals surface area contributed by atoms with Crippen molar-refractivity contribution in [2.45, 2.75) is 13.0 Å². The molecule has 5 nitrogen and oxygen atoms in total. The molecule has 0 unspecified atom stereocenters. The van der Waals surface area contributed by atoms with Crippen molar-refractivity contribution < 1.29 is 14.3 Å². The molecule has 1 aliphatic heterocycles. The van der Waals surface area contributed by atoms with Crippen molar-refractivity contribution in [3.8, 4) is 0 Å². The van der Waals surface area contributed by atoms with Crippen LogP contribution in [0.5, 0.6) is 0 Å². The first-order valence-corrected chi connectivity index (χ1v) is 3.70. The highest BCUT2D eigenvalue weighted by molar-refractivity contribution is 5.82. The molecule has 0 radical (unpaired) electrons. The van der Waals surface area contributed by atoms with Crippen LogP contribution in [0.4, 0.5) is 0 Å². The van der Waals surface area contributed by atoms with E-state index in [1.165, 1.54) is 0 Å². The second-order valence-electron chi connectivity index (χ2n) is 2.62. The highest BCUT2D eigenvalue weighted by Gasteiger charge is 2.19. The van der Waals surface area contributed by atoms with Crippen LogP contribution in [0.25, 0.3) is 0 Å². The van der Waals surface area contributed by atoms with Gasteiger partial charge in [-0.25, -0.2) is 9.78 Å². The van der Waals surface area contributed by atoms with Gasteiger partial charge in [0.25, 0.3) is 0 Å². The van der Waals surface area contributed by atoms with Gasteiger partial charge < -0.3 is 14.8 Å². The van der Waals surface area contributed by atoms with Crippen molar-refractivity contribution in [2.24, 2.45) is 0 Å². The van der Waals surface area contributed by atoms with Crippen LogP contribution in [0.15, 0.2) is 4.42 Å². The third-order valence-corrected chi connectivity index (χ3v) is 1.78. The molecule has 0 aromatic carbocycles. The summed E-state index contributed by atoms with van der Waals surface area (Å²) < 4.78 is 5.02. The molecule has 1 aliphatic rings. The average Bonchev–Trinajstić information content (AvgIpc) is 2.46. The number of rotatable bonds is 1. The summed E-state index contributed by atoms with van der Waals surface area (Å²) in [5, 5.41) is 11.6. The van der Waals surface area contributed by atoms with Gasteiger partial charge in [-0.3, -0.25) is 0 Å². The third-order valence-electron chi connectivity index (χ3n) is 1.78. The fourth-order valence-electron chi connectivity index (χ4n) is 1.22. The van der Waals surface area contributed by atoms with Crippen LogP contribution in [-0.2, 0) is 13.0 Å². The van der Waals surface area contributed by atoms with Gasteiger partial charge >= 0.3 is 11.9 Å². The van der Waals surface area contributed by atoms with Crippen LogP contribution in [0, 0.1) is 0 Å². The van der Waals surface area contributed by atoms with Gasteiger partial charge in [-0.15, -0.1) is 0 Å². The minimum Gasteiger partial charge on any atom is -0.474 e. The first-order chi connectivity index (χ1) is 5.77. The fourth-order valence-corrected chi connectivity index (χ4v) is 1.22. The monoisotopic (exact) mass is 168 g/mol. The van der Waals surface area contributed by atoms with Gasteiger partial charge in [-0.1, -0.05) is 0 Å². The summed E-state index contributed by atoms with van der Waals surface area (Å²) in [6.45, 7) is 1.42. The van der Waals surface area contributed by atoms with E-state index in [1.54, 1.807) is 0 Å². The van der Waals surface area contributed by atoms with E-state index in [9.17, 15) is 4.79 Å². The van der Waals surface area contributed by atoms with Gasteiger partial charge in [0.2, 0.25) is 0 Å². The molecule has 2 rings (SSSR count). The minimum atomic E-state index is -1.11. The van der Waals surface area contributed by atoms with Gasteiger partial charge in [0, 0.05) is 19.5 Å². The van der Waals surface area contributed by atoms with E-state index in [2.05, 4.69) is 10.3 Å². The summed E-state index contributed by atoms with van der Waals surface area (Å²) in [6.07, 6.45) is 0.718. The Kier molecular flexibility index (Phi) is 1.58. The minimum absolute atomic E-state index is 0.205. The van der Waals surface area contributed by atoms with E-state index in [0.717, 1.165) is 18.7 Å². The molecule has 2 N–H and O–H groups in total. The fraction of sp³-hybridized carbons (Fsp3) is 0.429. The Labute approximate surface area is 68.4 Å². The molecule has 1 aromatic heterocycles. The van der Waals surface area contributed by atoms with Gasteiger partial charge in [0.15, 0.2) is 0 Å². The lowest BCUT2D eigenvalue weighted by Gasteiger charge is -2.07. The number of aromatic carboxylic acids is 1. The van der Waals surface area contributed by atoms with Crippen molar-refractivity contribution in [1.29, 1.82) is 0 Å². The zero-order valence-electron chi connectivity index (χ0n) is 6.33. The number of carbonyl (C=O) groups is 1. The summed E-state index contributed by atoms with van der Waals surface area (Å²) in [4.78, 5) is 14.3. The SMILES string of the molecule is O=C(O)c1nc2c(o1)CCNC2. The molecule has 0 atom stereocenters. The van der Waals surface area contributed by atoms with E-state index < -0.39 is 5.97 Å². The molecule has 0 aliphatic carbocycles. The maximum atomic E-state index is 10.4. The Morgan fingerprint density at radius 3 is 3.17 bits per heavy atom. The standard InChI is InChI=1S/C7H8N2O3/c10-7(11)6-9-4-3-8-2-1-5(4)12-6/h8H,1-3H2,(H,10,11). The number of aromatic nitrogens is 1. The highest BCUT2D eigenvalue weighted by Crippen LogP contribution is 2.14. The van der Waals surface area contributed by atoms with Crippen LogP contribution in [0.3, 0.4) is 0 Å². The number of hydrogen-bond acceptors (Lipinski definition) is 4. The van der Waals surface area contributed by atoms with Crippen molar-refractivity contribution in [1.82, 2.24) is 10.3 Å². The molecule has 0 amide bonds. The number of nitrogens with zero attached hydrogens (tertiary/aromatic N) is 1. The highest BCUT2D eigenvalue weighted by atomic mass is 16.4. The van der Waals surface area contributed by atoms with E-state index in [0.29, 0.717) is 12.3 Å².